The molecule has 0 saturated carbocycles. The third-order valence-electron chi connectivity index (χ3n) is 7.32. The molecule has 4 aromatic rings. The second-order valence-electron chi connectivity index (χ2n) is 10.4. The van der Waals surface area contributed by atoms with Crippen molar-refractivity contribution in [2.75, 3.05) is 31.1 Å². The van der Waals surface area contributed by atoms with Gasteiger partial charge in [-0.1, -0.05) is 18.2 Å². The predicted octanol–water partition coefficient (Wildman–Crippen LogP) is 3.72. The fourth-order valence-electron chi connectivity index (χ4n) is 4.50. The number of nitrogens with zero attached hydrogens (tertiary/aromatic N) is 7. The minimum Gasteiger partial charge on any atom is -0.387 e. The molecule has 1 unspecified atom stereocenters. The molecule has 0 aliphatic carbocycles. The van der Waals surface area contributed by atoms with E-state index in [4.69, 9.17) is 9.97 Å². The van der Waals surface area contributed by atoms with E-state index < -0.39 is 17.8 Å². The standard InChI is InChI=1S/C27H30F3N7O2/c1-26(2,38)27(3,39)22-12-20-21(14-31-22)33-23(18-13-32-37(16-18)25(29)30)24(34-20)36-10-8-35(9-11-36)15-17-6-4-5-7-19(17)28/h4-7,12-14,16,25,38-39H,8-11,15H2,1-3H3. The molecule has 0 spiro atoms. The molecule has 39 heavy (non-hydrogen) atoms. The summed E-state index contributed by atoms with van der Waals surface area (Å²) in [6, 6.07) is 8.26. The summed E-state index contributed by atoms with van der Waals surface area (Å²) >= 11 is 0. The third kappa shape index (κ3) is 5.32. The first-order valence-electron chi connectivity index (χ1n) is 12.6. The molecule has 2 N–H and O–H groups in total. The van der Waals surface area contributed by atoms with Gasteiger partial charge >= 0.3 is 6.55 Å². The molecular formula is C27H30F3N7O2. The van der Waals surface area contributed by atoms with Crippen LogP contribution in [0.1, 0.15) is 38.6 Å². The van der Waals surface area contributed by atoms with Crippen molar-refractivity contribution in [1.82, 2.24) is 29.6 Å². The highest BCUT2D eigenvalue weighted by atomic mass is 19.3. The zero-order valence-electron chi connectivity index (χ0n) is 21.9. The minimum absolute atomic E-state index is 0.218. The molecule has 4 heterocycles. The van der Waals surface area contributed by atoms with Gasteiger partial charge in [-0.05, 0) is 32.9 Å². The molecular weight excluding hydrogens is 511 g/mol. The normalized spacial score (nSPS) is 16.7. The van der Waals surface area contributed by atoms with Gasteiger partial charge < -0.3 is 15.1 Å². The van der Waals surface area contributed by atoms with Crippen LogP contribution in [0.5, 0.6) is 0 Å². The molecule has 0 amide bonds. The van der Waals surface area contributed by atoms with Crippen molar-refractivity contribution in [2.45, 2.75) is 45.1 Å². The second-order valence-corrected chi connectivity index (χ2v) is 10.4. The van der Waals surface area contributed by atoms with Crippen molar-refractivity contribution < 1.29 is 23.4 Å². The SMILES string of the molecule is CC(C)(O)C(C)(O)c1cc2nc(N3CCN(Cc4ccccc4F)CC3)c(-c3cnn(C(F)F)c3)nc2cn1. The van der Waals surface area contributed by atoms with Crippen LogP contribution in [-0.2, 0) is 12.1 Å². The molecule has 0 bridgehead atoms. The van der Waals surface area contributed by atoms with E-state index in [1.54, 1.807) is 18.2 Å². The Bertz CT molecular complexity index is 1480. The Morgan fingerprint density at radius 2 is 1.69 bits per heavy atom. The summed E-state index contributed by atoms with van der Waals surface area (Å²) in [5.41, 5.74) is -0.737. The first-order chi connectivity index (χ1) is 18.4. The molecule has 9 nitrogen and oxygen atoms in total. The topological polar surface area (TPSA) is 103 Å². The van der Waals surface area contributed by atoms with Gasteiger partial charge in [0.25, 0.3) is 0 Å². The number of hydrogen-bond donors (Lipinski definition) is 2. The minimum atomic E-state index is -2.80. The number of alkyl halides is 2. The quantitative estimate of drug-likeness (QED) is 0.365. The van der Waals surface area contributed by atoms with Crippen molar-refractivity contribution in [2.24, 2.45) is 0 Å². The van der Waals surface area contributed by atoms with Crippen molar-refractivity contribution >= 4 is 16.9 Å². The molecule has 1 aliphatic rings. The largest absolute Gasteiger partial charge is 0.387 e. The highest BCUT2D eigenvalue weighted by Gasteiger charge is 2.40. The van der Waals surface area contributed by atoms with E-state index in [-0.39, 0.29) is 11.5 Å². The summed E-state index contributed by atoms with van der Waals surface area (Å²) < 4.78 is 41.3. The number of aromatic nitrogens is 5. The van der Waals surface area contributed by atoms with Crippen molar-refractivity contribution in [3.63, 3.8) is 0 Å². The van der Waals surface area contributed by atoms with Gasteiger partial charge in [-0.2, -0.15) is 13.9 Å². The average Bonchev–Trinajstić information content (AvgIpc) is 3.39. The van der Waals surface area contributed by atoms with Gasteiger partial charge in [0.2, 0.25) is 0 Å². The fourth-order valence-corrected chi connectivity index (χ4v) is 4.50. The summed E-state index contributed by atoms with van der Waals surface area (Å²) in [6.07, 6.45) is 3.98. The van der Waals surface area contributed by atoms with Crippen LogP contribution in [0.3, 0.4) is 0 Å². The maximum atomic E-state index is 14.2. The van der Waals surface area contributed by atoms with Crippen LogP contribution in [0.25, 0.3) is 22.3 Å². The zero-order valence-corrected chi connectivity index (χ0v) is 21.9. The van der Waals surface area contributed by atoms with Crippen LogP contribution < -0.4 is 4.90 Å². The van der Waals surface area contributed by atoms with Crippen molar-refractivity contribution in [3.05, 3.63) is 66.0 Å². The van der Waals surface area contributed by atoms with E-state index in [2.05, 4.69) is 15.0 Å². The molecule has 1 aliphatic heterocycles. The zero-order chi connectivity index (χ0) is 27.9. The molecule has 1 saturated heterocycles. The number of aliphatic hydroxyl groups is 2. The van der Waals surface area contributed by atoms with Crippen molar-refractivity contribution in [3.8, 4) is 11.3 Å². The highest BCUT2D eigenvalue weighted by Crippen LogP contribution is 2.35. The molecule has 1 fully saturated rings. The molecule has 1 atom stereocenters. The lowest BCUT2D eigenvalue weighted by atomic mass is 9.84. The number of rotatable bonds is 7. The Morgan fingerprint density at radius 3 is 2.33 bits per heavy atom. The molecule has 0 radical (unpaired) electrons. The number of hydrogen-bond acceptors (Lipinski definition) is 8. The number of anilines is 1. The maximum Gasteiger partial charge on any atom is 0.333 e. The van der Waals surface area contributed by atoms with Crippen molar-refractivity contribution in [1.29, 1.82) is 0 Å². The van der Waals surface area contributed by atoms with E-state index in [0.29, 0.717) is 71.1 Å². The Hall–Kier alpha value is -3.61. The van der Waals surface area contributed by atoms with Gasteiger partial charge in [-0.3, -0.25) is 9.88 Å². The van der Waals surface area contributed by atoms with Gasteiger partial charge in [0, 0.05) is 50.0 Å². The van der Waals surface area contributed by atoms with E-state index in [9.17, 15) is 23.4 Å². The smallest absolute Gasteiger partial charge is 0.333 e. The Labute approximate surface area is 223 Å². The van der Waals surface area contributed by atoms with E-state index in [1.807, 2.05) is 11.0 Å². The first-order valence-corrected chi connectivity index (χ1v) is 12.6. The van der Waals surface area contributed by atoms with Crippen LogP contribution >= 0.6 is 0 Å². The van der Waals surface area contributed by atoms with E-state index in [0.717, 1.165) is 0 Å². The monoisotopic (exact) mass is 541 g/mol. The summed E-state index contributed by atoms with van der Waals surface area (Å²) in [6.45, 7) is 4.45. The summed E-state index contributed by atoms with van der Waals surface area (Å²) in [7, 11) is 0. The lowest BCUT2D eigenvalue weighted by molar-refractivity contribution is -0.127. The molecule has 206 valence electrons. The van der Waals surface area contributed by atoms with Gasteiger partial charge in [0.15, 0.2) is 5.82 Å². The Balaban J connectivity index is 1.50. The average molecular weight is 542 g/mol. The molecule has 3 aromatic heterocycles. The summed E-state index contributed by atoms with van der Waals surface area (Å²) in [5.74, 6) is 0.229. The number of pyridine rings is 1. The van der Waals surface area contributed by atoms with Gasteiger partial charge in [0.1, 0.15) is 22.6 Å². The summed E-state index contributed by atoms with van der Waals surface area (Å²) in [4.78, 5) is 18.0. The number of piperazine rings is 1. The van der Waals surface area contributed by atoms with Crippen LogP contribution in [-0.4, -0.2) is 71.6 Å². The Kier molecular flexibility index (Phi) is 7.04. The molecule has 12 heteroatoms. The van der Waals surface area contributed by atoms with Gasteiger partial charge in [-0.25, -0.2) is 19.0 Å². The van der Waals surface area contributed by atoms with E-state index >= 15 is 0 Å². The van der Waals surface area contributed by atoms with Crippen LogP contribution in [0.4, 0.5) is 19.0 Å². The number of benzene rings is 1. The highest BCUT2D eigenvalue weighted by molar-refractivity contribution is 5.83. The maximum absolute atomic E-state index is 14.2. The molecule has 5 rings (SSSR count). The van der Waals surface area contributed by atoms with Crippen LogP contribution in [0, 0.1) is 5.82 Å². The number of fused-ring (bicyclic) bond motifs is 1. The Morgan fingerprint density at radius 1 is 0.974 bits per heavy atom. The summed E-state index contributed by atoms with van der Waals surface area (Å²) in [5, 5.41) is 25.2. The van der Waals surface area contributed by atoms with Crippen LogP contribution in [0.2, 0.25) is 0 Å². The van der Waals surface area contributed by atoms with Gasteiger partial charge in [-0.15, -0.1) is 0 Å². The lowest BCUT2D eigenvalue weighted by Gasteiger charge is -2.36. The lowest BCUT2D eigenvalue weighted by Crippen LogP contribution is -2.46. The second kappa shape index (κ2) is 10.2. The van der Waals surface area contributed by atoms with Crippen LogP contribution in [0.15, 0.2) is 48.9 Å². The fraction of sp³-hybridized carbons (Fsp3) is 0.407. The molecule has 1 aromatic carbocycles. The number of halogens is 3. The predicted molar refractivity (Wildman–Crippen MR) is 140 cm³/mol. The van der Waals surface area contributed by atoms with E-state index in [1.165, 1.54) is 45.4 Å². The third-order valence-corrected chi connectivity index (χ3v) is 7.32. The van der Waals surface area contributed by atoms with Gasteiger partial charge in [0.05, 0.1) is 29.2 Å². The first kappa shape index (κ1) is 27.0.